The number of nitrogens with zero attached hydrogens (tertiary/aromatic N) is 2. The van der Waals surface area contributed by atoms with E-state index in [9.17, 15) is 18.0 Å². The van der Waals surface area contributed by atoms with Crippen LogP contribution in [0, 0.1) is 0 Å². The number of rotatable bonds is 8. The molecule has 1 amide bonds. The summed E-state index contributed by atoms with van der Waals surface area (Å²) in [5.41, 5.74) is 0.620. The molecule has 31 heavy (non-hydrogen) atoms. The largest absolute Gasteiger partial charge is 0.492 e. The summed E-state index contributed by atoms with van der Waals surface area (Å²) in [6.07, 6.45) is 2.32. The van der Waals surface area contributed by atoms with Gasteiger partial charge >= 0.3 is 5.97 Å². The summed E-state index contributed by atoms with van der Waals surface area (Å²) in [5.74, 6) is -0.502. The van der Waals surface area contributed by atoms with Gasteiger partial charge in [-0.05, 0) is 44.9 Å². The van der Waals surface area contributed by atoms with E-state index >= 15 is 0 Å². The number of carbonyl (C=O) groups is 2. The summed E-state index contributed by atoms with van der Waals surface area (Å²) in [6, 6.07) is 7.44. The Hall–Kier alpha value is -2.85. The lowest BCUT2D eigenvalue weighted by molar-refractivity contribution is -0.119. The zero-order valence-corrected chi connectivity index (χ0v) is 18.6. The third-order valence-corrected chi connectivity index (χ3v) is 6.90. The molecule has 1 N–H and O–H groups in total. The molecule has 168 valence electrons. The van der Waals surface area contributed by atoms with Crippen LogP contribution in [0.25, 0.3) is 0 Å². The third-order valence-electron chi connectivity index (χ3n) is 5.02. The molecule has 0 spiro atoms. The molecule has 0 unspecified atom stereocenters. The van der Waals surface area contributed by atoms with Crippen LogP contribution in [0.3, 0.4) is 0 Å². The zero-order chi connectivity index (χ0) is 22.6. The molecule has 1 aromatic heterocycles. The number of amides is 1. The summed E-state index contributed by atoms with van der Waals surface area (Å²) < 4.78 is 39.6. The molecule has 0 bridgehead atoms. The van der Waals surface area contributed by atoms with E-state index < -0.39 is 27.9 Å². The molecular formula is C21H27N3O6S. The number of ether oxygens (including phenoxy) is 2. The van der Waals surface area contributed by atoms with Gasteiger partial charge in [0.2, 0.25) is 15.9 Å². The number of anilines is 1. The quantitative estimate of drug-likeness (QED) is 0.620. The number of hydrogen-bond donors (Lipinski definition) is 1. The van der Waals surface area contributed by atoms with Gasteiger partial charge in [-0.1, -0.05) is 12.1 Å². The first-order valence-electron chi connectivity index (χ1n) is 10.2. The fourth-order valence-corrected chi connectivity index (χ4v) is 5.30. The molecule has 0 radical (unpaired) electrons. The molecule has 1 aliphatic rings. The number of benzene rings is 1. The number of aryl methyl sites for hydroxylation is 1. The van der Waals surface area contributed by atoms with E-state index in [2.05, 4.69) is 5.32 Å². The van der Waals surface area contributed by atoms with E-state index in [4.69, 9.17) is 9.47 Å². The number of aromatic nitrogens is 1. The molecule has 1 fully saturated rings. The predicted octanol–water partition coefficient (Wildman–Crippen LogP) is 2.39. The van der Waals surface area contributed by atoms with E-state index in [1.165, 1.54) is 21.1 Å². The fraction of sp³-hybridized carbons (Fsp3) is 0.429. The van der Waals surface area contributed by atoms with Crippen LogP contribution in [0.4, 0.5) is 5.69 Å². The van der Waals surface area contributed by atoms with Crippen LogP contribution in [0.2, 0.25) is 0 Å². The van der Waals surface area contributed by atoms with Gasteiger partial charge in [-0.3, -0.25) is 4.79 Å². The Kier molecular flexibility index (Phi) is 7.01. The van der Waals surface area contributed by atoms with Crippen molar-refractivity contribution in [2.45, 2.75) is 37.6 Å². The maximum absolute atomic E-state index is 13.3. The van der Waals surface area contributed by atoms with Crippen LogP contribution >= 0.6 is 0 Å². The third kappa shape index (κ3) is 4.75. The second-order valence-electron chi connectivity index (χ2n) is 7.08. The molecule has 0 aliphatic carbocycles. The van der Waals surface area contributed by atoms with Crippen LogP contribution in [0.15, 0.2) is 41.4 Å². The van der Waals surface area contributed by atoms with Crippen molar-refractivity contribution < 1.29 is 27.5 Å². The Labute approximate surface area is 182 Å². The standard InChI is InChI=1S/C21H27N3O6S/c1-4-29-19-11-7-6-9-16(19)22-20(25)17-10-8-12-24(17)31(27,28)15-13-18(23(3)14-15)21(26)30-5-2/h6-7,9,11,13-14,17H,4-5,8,10,12H2,1-3H3,(H,22,25)/t17-/m0/s1. The minimum Gasteiger partial charge on any atom is -0.492 e. The maximum atomic E-state index is 13.3. The first kappa shape index (κ1) is 22.8. The van der Waals surface area contributed by atoms with E-state index in [0.29, 0.717) is 30.9 Å². The SMILES string of the molecule is CCOC(=O)c1cc(S(=O)(=O)N2CCC[C@H]2C(=O)Nc2ccccc2OCC)cn1C. The van der Waals surface area contributed by atoms with E-state index in [0.717, 1.165) is 0 Å². The maximum Gasteiger partial charge on any atom is 0.354 e. The average molecular weight is 450 g/mol. The predicted molar refractivity (Wildman–Crippen MR) is 115 cm³/mol. The van der Waals surface area contributed by atoms with Crippen molar-refractivity contribution in [1.29, 1.82) is 0 Å². The molecule has 1 saturated heterocycles. The van der Waals surface area contributed by atoms with E-state index in [-0.39, 0.29) is 23.7 Å². The van der Waals surface area contributed by atoms with Crippen molar-refractivity contribution in [1.82, 2.24) is 8.87 Å². The van der Waals surface area contributed by atoms with Crippen molar-refractivity contribution in [3.63, 3.8) is 0 Å². The van der Waals surface area contributed by atoms with Gasteiger partial charge in [0.05, 0.1) is 18.9 Å². The minimum atomic E-state index is -3.98. The molecule has 1 aliphatic heterocycles. The van der Waals surface area contributed by atoms with Crippen LogP contribution < -0.4 is 10.1 Å². The van der Waals surface area contributed by atoms with Crippen molar-refractivity contribution in [3.05, 3.63) is 42.2 Å². The van der Waals surface area contributed by atoms with Crippen LogP contribution in [-0.4, -0.2) is 55.0 Å². The summed E-state index contributed by atoms with van der Waals surface area (Å²) in [4.78, 5) is 25.0. The first-order valence-corrected chi connectivity index (χ1v) is 11.6. The van der Waals surface area contributed by atoms with Gasteiger partial charge in [0, 0.05) is 19.8 Å². The smallest absolute Gasteiger partial charge is 0.354 e. The highest BCUT2D eigenvalue weighted by atomic mass is 32.2. The Morgan fingerprint density at radius 2 is 1.94 bits per heavy atom. The minimum absolute atomic E-state index is 0.0486. The fourth-order valence-electron chi connectivity index (χ4n) is 3.58. The highest BCUT2D eigenvalue weighted by Crippen LogP contribution is 2.30. The number of esters is 1. The Morgan fingerprint density at radius 3 is 2.65 bits per heavy atom. The summed E-state index contributed by atoms with van der Waals surface area (Å²) in [5, 5.41) is 2.79. The molecule has 1 atom stereocenters. The Balaban J connectivity index is 1.83. The van der Waals surface area contributed by atoms with Crippen molar-refractivity contribution in [2.24, 2.45) is 7.05 Å². The van der Waals surface area contributed by atoms with Gasteiger partial charge in [-0.15, -0.1) is 0 Å². The first-order chi connectivity index (χ1) is 14.8. The number of hydrogen-bond acceptors (Lipinski definition) is 6. The van der Waals surface area contributed by atoms with Gasteiger partial charge < -0.3 is 19.4 Å². The number of para-hydroxylation sites is 2. The lowest BCUT2D eigenvalue weighted by Gasteiger charge is -2.23. The van der Waals surface area contributed by atoms with Gasteiger partial charge in [-0.25, -0.2) is 13.2 Å². The molecular weight excluding hydrogens is 422 g/mol. The molecule has 3 rings (SSSR count). The van der Waals surface area contributed by atoms with Gasteiger partial charge in [0.25, 0.3) is 0 Å². The molecule has 2 aromatic rings. The highest BCUT2D eigenvalue weighted by Gasteiger charge is 2.40. The Morgan fingerprint density at radius 1 is 1.19 bits per heavy atom. The van der Waals surface area contributed by atoms with E-state index in [1.54, 1.807) is 38.2 Å². The summed E-state index contributed by atoms with van der Waals surface area (Å²) in [7, 11) is -2.41. The van der Waals surface area contributed by atoms with Crippen molar-refractivity contribution in [3.8, 4) is 5.75 Å². The second kappa shape index (κ2) is 9.52. The molecule has 1 aromatic carbocycles. The molecule has 10 heteroatoms. The van der Waals surface area contributed by atoms with Crippen molar-refractivity contribution >= 4 is 27.6 Å². The zero-order valence-electron chi connectivity index (χ0n) is 17.8. The van der Waals surface area contributed by atoms with Crippen molar-refractivity contribution in [2.75, 3.05) is 25.1 Å². The molecule has 9 nitrogen and oxygen atoms in total. The number of carbonyl (C=O) groups excluding carboxylic acids is 2. The monoisotopic (exact) mass is 449 g/mol. The molecule has 0 saturated carbocycles. The number of nitrogens with one attached hydrogen (secondary N) is 1. The van der Waals surface area contributed by atoms with Crippen LogP contribution in [0.1, 0.15) is 37.2 Å². The van der Waals surface area contributed by atoms with Gasteiger partial charge in [-0.2, -0.15) is 4.31 Å². The number of sulfonamides is 1. The van der Waals surface area contributed by atoms with E-state index in [1.807, 2.05) is 6.92 Å². The lowest BCUT2D eigenvalue weighted by Crippen LogP contribution is -2.43. The summed E-state index contributed by atoms with van der Waals surface area (Å²) in [6.45, 7) is 4.36. The second-order valence-corrected chi connectivity index (χ2v) is 8.98. The topological polar surface area (TPSA) is 107 Å². The summed E-state index contributed by atoms with van der Waals surface area (Å²) >= 11 is 0. The Bertz CT molecular complexity index is 1060. The van der Waals surface area contributed by atoms with Crippen LogP contribution in [0.5, 0.6) is 5.75 Å². The van der Waals surface area contributed by atoms with Gasteiger partial charge in [0.1, 0.15) is 22.4 Å². The van der Waals surface area contributed by atoms with Crippen LogP contribution in [-0.2, 0) is 26.6 Å². The average Bonchev–Trinajstić information content (AvgIpc) is 3.37. The van der Waals surface area contributed by atoms with Gasteiger partial charge in [0.15, 0.2) is 0 Å². The lowest BCUT2D eigenvalue weighted by atomic mass is 10.2. The highest BCUT2D eigenvalue weighted by molar-refractivity contribution is 7.89. The normalized spacial score (nSPS) is 16.8. The molecule has 2 heterocycles.